The third kappa shape index (κ3) is 3.11. The normalized spacial score (nSPS) is 10.3. The molecule has 2 nitrogen and oxygen atoms in total. The average Bonchev–Trinajstić information content (AvgIpc) is 2.39. The molecule has 104 valence electrons. The summed E-state index contributed by atoms with van der Waals surface area (Å²) in [6, 6.07) is 8.93. The van der Waals surface area contributed by atoms with Crippen molar-refractivity contribution in [3.8, 4) is 5.75 Å². The molecule has 0 aliphatic rings. The zero-order valence-electron chi connectivity index (χ0n) is 10.8. The predicted molar refractivity (Wildman–Crippen MR) is 77.8 cm³/mol. The summed E-state index contributed by atoms with van der Waals surface area (Å²) in [5, 5.41) is 0. The van der Waals surface area contributed by atoms with Crippen molar-refractivity contribution in [3.63, 3.8) is 0 Å². The maximum absolute atomic E-state index is 13.5. The summed E-state index contributed by atoms with van der Waals surface area (Å²) in [4.78, 5) is 0.243. The summed E-state index contributed by atoms with van der Waals surface area (Å²) in [6.07, 6.45) is 0. The van der Waals surface area contributed by atoms with Crippen LogP contribution in [0.5, 0.6) is 5.75 Å². The molecule has 5 heteroatoms. The predicted octanol–water partition coefficient (Wildman–Crippen LogP) is 3.49. The van der Waals surface area contributed by atoms with Gasteiger partial charge in [0.15, 0.2) is 0 Å². The van der Waals surface area contributed by atoms with Crippen molar-refractivity contribution in [2.45, 2.75) is 13.5 Å². The van der Waals surface area contributed by atoms with Gasteiger partial charge < -0.3 is 10.5 Å². The molecule has 0 atom stereocenters. The number of nitrogens with two attached hydrogens (primary N) is 1. The zero-order valence-corrected chi connectivity index (χ0v) is 11.6. The third-order valence-corrected chi connectivity index (χ3v) is 3.14. The Balaban J connectivity index is 2.23. The van der Waals surface area contributed by atoms with E-state index < -0.39 is 11.6 Å². The first-order chi connectivity index (χ1) is 9.49. The first-order valence-corrected chi connectivity index (χ1v) is 6.36. The Bertz CT molecular complexity index is 638. The number of thiocarbonyl (C=S) groups is 1. The molecule has 2 aromatic carbocycles. The molecule has 0 amide bonds. The number of rotatable bonds is 4. The van der Waals surface area contributed by atoms with E-state index in [-0.39, 0.29) is 17.2 Å². The fraction of sp³-hybridized carbons (Fsp3) is 0.133. The highest BCUT2D eigenvalue weighted by Gasteiger charge is 2.10. The van der Waals surface area contributed by atoms with Gasteiger partial charge in [0.05, 0.1) is 5.56 Å². The largest absolute Gasteiger partial charge is 0.488 e. The molecule has 20 heavy (non-hydrogen) atoms. The molecule has 2 N–H and O–H groups in total. The molecule has 0 unspecified atom stereocenters. The summed E-state index contributed by atoms with van der Waals surface area (Å²) in [5.41, 5.74) is 6.92. The minimum atomic E-state index is -0.631. The highest BCUT2D eigenvalue weighted by Crippen LogP contribution is 2.22. The second-order valence-corrected chi connectivity index (χ2v) is 4.77. The molecule has 0 bridgehead atoms. The summed E-state index contributed by atoms with van der Waals surface area (Å²) >= 11 is 4.89. The quantitative estimate of drug-likeness (QED) is 0.877. The van der Waals surface area contributed by atoms with Crippen LogP contribution in [0.25, 0.3) is 0 Å². The van der Waals surface area contributed by atoms with Gasteiger partial charge in [-0.15, -0.1) is 0 Å². The summed E-state index contributed by atoms with van der Waals surface area (Å²) in [6.45, 7) is 1.64. The topological polar surface area (TPSA) is 35.2 Å². The molecular formula is C15H13F2NOS. The van der Waals surface area contributed by atoms with E-state index in [0.29, 0.717) is 11.3 Å². The standard InChI is InChI=1S/C15H13F2NOS/c1-9-5-6-10(15(18)20)7-14(9)19-8-11-12(16)3-2-4-13(11)17/h2-7H,8H2,1H3,(H2,18,20). The van der Waals surface area contributed by atoms with Crippen LogP contribution in [-0.2, 0) is 6.61 Å². The summed E-state index contributed by atoms with van der Waals surface area (Å²) < 4.78 is 32.5. The highest BCUT2D eigenvalue weighted by atomic mass is 32.1. The van der Waals surface area contributed by atoms with Gasteiger partial charge in [0.2, 0.25) is 0 Å². The van der Waals surface area contributed by atoms with Crippen molar-refractivity contribution in [3.05, 3.63) is 64.7 Å². The molecule has 0 radical (unpaired) electrons. The van der Waals surface area contributed by atoms with Crippen molar-refractivity contribution in [1.29, 1.82) is 0 Å². The molecule has 0 aliphatic carbocycles. The summed E-state index contributed by atoms with van der Waals surface area (Å²) in [7, 11) is 0. The second-order valence-electron chi connectivity index (χ2n) is 4.33. The minimum Gasteiger partial charge on any atom is -0.488 e. The van der Waals surface area contributed by atoms with Crippen molar-refractivity contribution in [2.75, 3.05) is 0 Å². The van der Waals surface area contributed by atoms with Crippen LogP contribution >= 0.6 is 12.2 Å². The van der Waals surface area contributed by atoms with E-state index >= 15 is 0 Å². The lowest BCUT2D eigenvalue weighted by molar-refractivity contribution is 0.290. The number of ether oxygens (including phenoxy) is 1. The maximum Gasteiger partial charge on any atom is 0.132 e. The average molecular weight is 293 g/mol. The lowest BCUT2D eigenvalue weighted by atomic mass is 10.1. The highest BCUT2D eigenvalue weighted by molar-refractivity contribution is 7.80. The van der Waals surface area contributed by atoms with Crippen LogP contribution in [-0.4, -0.2) is 4.99 Å². The lowest BCUT2D eigenvalue weighted by Gasteiger charge is -2.11. The Hall–Kier alpha value is -2.01. The van der Waals surface area contributed by atoms with Crippen molar-refractivity contribution >= 4 is 17.2 Å². The fourth-order valence-electron chi connectivity index (χ4n) is 1.73. The van der Waals surface area contributed by atoms with E-state index in [9.17, 15) is 8.78 Å². The molecule has 0 aliphatic heterocycles. The number of hydrogen-bond donors (Lipinski definition) is 1. The monoisotopic (exact) mass is 293 g/mol. The van der Waals surface area contributed by atoms with Crippen LogP contribution < -0.4 is 10.5 Å². The molecule has 0 saturated heterocycles. The Morgan fingerprint density at radius 1 is 1.20 bits per heavy atom. The van der Waals surface area contributed by atoms with E-state index in [1.807, 2.05) is 6.92 Å². The Morgan fingerprint density at radius 2 is 1.85 bits per heavy atom. The number of benzene rings is 2. The van der Waals surface area contributed by atoms with E-state index in [1.54, 1.807) is 18.2 Å². The first kappa shape index (κ1) is 14.4. The lowest BCUT2D eigenvalue weighted by Crippen LogP contribution is -2.10. The number of halogens is 2. The van der Waals surface area contributed by atoms with Gasteiger partial charge in [-0.05, 0) is 30.7 Å². The van der Waals surface area contributed by atoms with Gasteiger partial charge in [-0.25, -0.2) is 8.78 Å². The molecule has 2 rings (SSSR count). The van der Waals surface area contributed by atoms with Gasteiger partial charge in [0.25, 0.3) is 0 Å². The van der Waals surface area contributed by atoms with Crippen molar-refractivity contribution < 1.29 is 13.5 Å². The molecule has 0 aromatic heterocycles. The van der Waals surface area contributed by atoms with Gasteiger partial charge in [-0.2, -0.15) is 0 Å². The fourth-order valence-corrected chi connectivity index (χ4v) is 1.86. The smallest absolute Gasteiger partial charge is 0.132 e. The molecular weight excluding hydrogens is 280 g/mol. The maximum atomic E-state index is 13.5. The second kappa shape index (κ2) is 5.96. The zero-order chi connectivity index (χ0) is 14.7. The van der Waals surface area contributed by atoms with Crippen molar-refractivity contribution in [2.24, 2.45) is 5.73 Å². The number of aryl methyl sites for hydroxylation is 1. The van der Waals surface area contributed by atoms with Crippen LogP contribution in [0.15, 0.2) is 36.4 Å². The Morgan fingerprint density at radius 3 is 2.45 bits per heavy atom. The van der Waals surface area contributed by atoms with Gasteiger partial charge >= 0.3 is 0 Å². The van der Waals surface area contributed by atoms with Crippen LogP contribution in [0.4, 0.5) is 8.78 Å². The van der Waals surface area contributed by atoms with Crippen LogP contribution in [0.3, 0.4) is 0 Å². The van der Waals surface area contributed by atoms with E-state index in [0.717, 1.165) is 5.56 Å². The van der Waals surface area contributed by atoms with Gasteiger partial charge in [-0.1, -0.05) is 30.4 Å². The van der Waals surface area contributed by atoms with Crippen LogP contribution in [0.2, 0.25) is 0 Å². The first-order valence-electron chi connectivity index (χ1n) is 5.95. The van der Waals surface area contributed by atoms with Crippen LogP contribution in [0.1, 0.15) is 16.7 Å². The Kier molecular flexibility index (Phi) is 4.29. The van der Waals surface area contributed by atoms with Gasteiger partial charge in [0.1, 0.15) is 29.0 Å². The molecule has 0 heterocycles. The van der Waals surface area contributed by atoms with Crippen molar-refractivity contribution in [1.82, 2.24) is 0 Å². The molecule has 0 spiro atoms. The molecule has 0 fully saturated rings. The van der Waals surface area contributed by atoms with Gasteiger partial charge in [-0.3, -0.25) is 0 Å². The third-order valence-electron chi connectivity index (χ3n) is 2.91. The SMILES string of the molecule is Cc1ccc(C(N)=S)cc1OCc1c(F)cccc1F. The van der Waals surface area contributed by atoms with Crippen LogP contribution in [0, 0.1) is 18.6 Å². The van der Waals surface area contributed by atoms with E-state index in [2.05, 4.69) is 0 Å². The minimum absolute atomic E-state index is 0.104. The Labute approximate surface area is 121 Å². The summed E-state index contributed by atoms with van der Waals surface area (Å²) in [5.74, 6) is -0.765. The van der Waals surface area contributed by atoms with E-state index in [4.69, 9.17) is 22.7 Å². The number of hydrogen-bond acceptors (Lipinski definition) is 2. The van der Waals surface area contributed by atoms with Gasteiger partial charge in [0, 0.05) is 5.56 Å². The molecule has 2 aromatic rings. The van der Waals surface area contributed by atoms with E-state index in [1.165, 1.54) is 18.2 Å². The molecule has 0 saturated carbocycles.